The highest BCUT2D eigenvalue weighted by molar-refractivity contribution is 7.82. The lowest BCUT2D eigenvalue weighted by Crippen LogP contribution is -2.32. The van der Waals surface area contributed by atoms with E-state index < -0.39 is 16.9 Å². The van der Waals surface area contributed by atoms with Crippen LogP contribution in [0.1, 0.15) is 23.2 Å². The zero-order valence-corrected chi connectivity index (χ0v) is 18.4. The van der Waals surface area contributed by atoms with Crippen molar-refractivity contribution in [3.8, 4) is 11.8 Å². The molecule has 1 aromatic heterocycles. The number of nitrogens with zero attached hydrogens (tertiary/aromatic N) is 3. The number of aromatic nitrogens is 1. The van der Waals surface area contributed by atoms with Crippen molar-refractivity contribution in [3.63, 3.8) is 0 Å². The van der Waals surface area contributed by atoms with Gasteiger partial charge in [-0.2, -0.15) is 5.26 Å². The highest BCUT2D eigenvalue weighted by atomic mass is 35.5. The maximum atomic E-state index is 12.8. The predicted octanol–water partition coefficient (Wildman–Crippen LogP) is 2.83. The highest BCUT2D eigenvalue weighted by Crippen LogP contribution is 2.29. The van der Waals surface area contributed by atoms with E-state index in [1.807, 2.05) is 24.3 Å². The average Bonchev–Trinajstić information content (AvgIpc) is 2.76. The summed E-state index contributed by atoms with van der Waals surface area (Å²) in [6, 6.07) is 12.2. The van der Waals surface area contributed by atoms with Gasteiger partial charge in [0.2, 0.25) is 5.91 Å². The third kappa shape index (κ3) is 5.94. The minimum Gasteiger partial charge on any atom is -0.593 e. The summed E-state index contributed by atoms with van der Waals surface area (Å²) >= 11 is 6.32. The molecule has 31 heavy (non-hydrogen) atoms. The van der Waals surface area contributed by atoms with Gasteiger partial charge >= 0.3 is 0 Å². The summed E-state index contributed by atoms with van der Waals surface area (Å²) in [5.41, 5.74) is 2.36. The van der Waals surface area contributed by atoms with E-state index in [1.54, 1.807) is 41.0 Å². The summed E-state index contributed by atoms with van der Waals surface area (Å²) in [6.07, 6.45) is 7.05. The van der Waals surface area contributed by atoms with Crippen molar-refractivity contribution in [2.24, 2.45) is 5.92 Å². The van der Waals surface area contributed by atoms with Gasteiger partial charge in [-0.05, 0) is 42.8 Å². The first kappa shape index (κ1) is 22.5. The van der Waals surface area contributed by atoms with Crippen LogP contribution in [-0.4, -0.2) is 30.8 Å². The van der Waals surface area contributed by atoms with Gasteiger partial charge in [-0.1, -0.05) is 17.7 Å². The Morgan fingerprint density at radius 2 is 2.23 bits per heavy atom. The first-order chi connectivity index (χ1) is 14.9. The molecule has 1 heterocycles. The molecule has 1 aromatic carbocycles. The van der Waals surface area contributed by atoms with Gasteiger partial charge in [-0.3, -0.25) is 14.1 Å². The minimum absolute atomic E-state index is 0.168. The largest absolute Gasteiger partial charge is 0.593 e. The number of allylic oxidation sites excluding steroid dienone is 2. The number of carbonyl (C=O) groups excluding carboxylic acids is 1. The molecule has 0 bridgehead atoms. The lowest BCUT2D eigenvalue weighted by atomic mass is 9.97. The van der Waals surface area contributed by atoms with Gasteiger partial charge < -0.3 is 10.4 Å². The summed E-state index contributed by atoms with van der Waals surface area (Å²) < 4.78 is 14.0. The Hall–Kier alpha value is -3.15. The second-order valence-corrected chi connectivity index (χ2v) is 8.75. The van der Waals surface area contributed by atoms with E-state index in [0.29, 0.717) is 34.8 Å². The predicted molar refractivity (Wildman–Crippen MR) is 120 cm³/mol. The molecule has 0 fully saturated rings. The van der Waals surface area contributed by atoms with Crippen LogP contribution in [0, 0.1) is 17.2 Å². The molecule has 2 unspecified atom stereocenters. The quantitative estimate of drug-likeness (QED) is 0.644. The van der Waals surface area contributed by atoms with Crippen LogP contribution in [0.2, 0.25) is 0 Å². The summed E-state index contributed by atoms with van der Waals surface area (Å²) in [5, 5.41) is 20.2. The summed E-state index contributed by atoms with van der Waals surface area (Å²) in [6.45, 7) is 0.486. The van der Waals surface area contributed by atoms with Crippen LogP contribution in [-0.2, 0) is 28.9 Å². The van der Waals surface area contributed by atoms with Crippen molar-refractivity contribution < 1.29 is 14.1 Å². The number of halogens is 1. The Bertz CT molecular complexity index is 1100. The highest BCUT2D eigenvalue weighted by Gasteiger charge is 2.25. The monoisotopic (exact) mass is 457 g/mol. The van der Waals surface area contributed by atoms with Crippen molar-refractivity contribution in [1.82, 2.24) is 14.6 Å². The van der Waals surface area contributed by atoms with Gasteiger partial charge in [0.15, 0.2) is 0 Å². The van der Waals surface area contributed by atoms with Crippen LogP contribution in [0.4, 0.5) is 0 Å². The van der Waals surface area contributed by atoms with E-state index in [0.717, 1.165) is 5.69 Å². The number of benzene rings is 1. The average molecular weight is 458 g/mol. The summed E-state index contributed by atoms with van der Waals surface area (Å²) in [5.74, 6) is -0.581. The Morgan fingerprint density at radius 3 is 2.87 bits per heavy atom. The molecular weight excluding hydrogens is 436 g/mol. The normalized spacial score (nSPS) is 16.5. The Kier molecular flexibility index (Phi) is 7.45. The number of amides is 1. The Morgan fingerprint density at radius 1 is 1.42 bits per heavy atom. The zero-order valence-electron chi connectivity index (χ0n) is 16.8. The van der Waals surface area contributed by atoms with Crippen molar-refractivity contribution in [2.45, 2.75) is 19.5 Å². The molecule has 0 spiro atoms. The van der Waals surface area contributed by atoms with E-state index in [1.165, 1.54) is 6.07 Å². The van der Waals surface area contributed by atoms with Crippen molar-refractivity contribution in [3.05, 3.63) is 82.3 Å². The molecule has 1 amide bonds. The fraction of sp³-hybridized carbons (Fsp3) is 0.227. The van der Waals surface area contributed by atoms with E-state index in [2.05, 4.69) is 10.3 Å². The number of hydrogen-bond acceptors (Lipinski definition) is 4. The lowest BCUT2D eigenvalue weighted by Gasteiger charge is -2.27. The molecular formula is C22H22ClN4O3S+. The van der Waals surface area contributed by atoms with E-state index in [9.17, 15) is 9.00 Å². The fourth-order valence-electron chi connectivity index (χ4n) is 3.15. The standard InChI is InChI=1S/C22H21ClN4O3S/c1-31(30)27(14-19-4-2-3-7-25-19)20-10-17(9-18(23)11-20)22(29)26-13-16-6-5-15(12-24)8-21(16)28/h2-8,10-11,17,28H,9,13-14H2,1H3,(H,26,29)/p+1. The Labute approximate surface area is 188 Å². The number of carbonyl (C=O) groups is 1. The van der Waals surface area contributed by atoms with Gasteiger partial charge in [0.25, 0.3) is 5.75 Å². The maximum absolute atomic E-state index is 12.8. The van der Waals surface area contributed by atoms with Crippen LogP contribution in [0.25, 0.3) is 0 Å². The van der Waals surface area contributed by atoms with E-state index in [4.69, 9.17) is 22.0 Å². The van der Waals surface area contributed by atoms with E-state index >= 15 is 0 Å². The van der Waals surface area contributed by atoms with Crippen LogP contribution >= 0.6 is 11.6 Å². The van der Waals surface area contributed by atoms with Gasteiger partial charge in [0, 0.05) is 23.2 Å². The van der Waals surface area contributed by atoms with Gasteiger partial charge in [0.05, 0.1) is 48.0 Å². The molecule has 0 saturated carbocycles. The second-order valence-electron chi connectivity index (χ2n) is 6.98. The molecule has 0 aliphatic heterocycles. The fourth-order valence-corrected chi connectivity index (χ4v) is 4.15. The molecule has 1 aliphatic rings. The lowest BCUT2D eigenvalue weighted by molar-refractivity contribution is -0.123. The van der Waals surface area contributed by atoms with Gasteiger partial charge in [-0.15, -0.1) is 0 Å². The molecule has 3 rings (SSSR count). The first-order valence-corrected chi connectivity index (χ1v) is 11.4. The number of hydrogen-bond donors (Lipinski definition) is 1. The molecule has 160 valence electrons. The van der Waals surface area contributed by atoms with Gasteiger partial charge in [0.1, 0.15) is 11.0 Å². The van der Waals surface area contributed by atoms with Crippen molar-refractivity contribution >= 4 is 28.5 Å². The van der Waals surface area contributed by atoms with Crippen LogP contribution in [0.3, 0.4) is 0 Å². The number of nitriles is 1. The SMILES string of the molecule is CS(=O)N(Cc1ccccn1)C1=CC(C(=O)NCc2ccc(C#N)cc2[OH2+])CC(Cl)=C1. The number of nitrogens with one attached hydrogen (secondary N) is 1. The molecule has 9 heteroatoms. The van der Waals surface area contributed by atoms with Crippen LogP contribution in [0.15, 0.2) is 65.5 Å². The smallest absolute Gasteiger partial charge is 0.260 e. The molecule has 2 aromatic rings. The molecule has 0 radical (unpaired) electrons. The third-order valence-corrected chi connectivity index (χ3v) is 5.97. The maximum Gasteiger partial charge on any atom is 0.260 e. The first-order valence-electron chi connectivity index (χ1n) is 9.48. The van der Waals surface area contributed by atoms with E-state index in [-0.39, 0.29) is 18.2 Å². The van der Waals surface area contributed by atoms with Gasteiger partial charge in [-0.25, -0.2) is 4.21 Å². The zero-order chi connectivity index (χ0) is 22.4. The molecule has 2 atom stereocenters. The minimum atomic E-state index is -1.35. The van der Waals surface area contributed by atoms with Crippen molar-refractivity contribution in [1.29, 1.82) is 5.26 Å². The second kappa shape index (κ2) is 10.2. The molecule has 0 saturated heterocycles. The Balaban J connectivity index is 1.74. The van der Waals surface area contributed by atoms with Crippen LogP contribution in [0.5, 0.6) is 5.75 Å². The van der Waals surface area contributed by atoms with Crippen molar-refractivity contribution in [2.75, 3.05) is 6.26 Å². The summed E-state index contributed by atoms with van der Waals surface area (Å²) in [7, 11) is -1.35. The third-order valence-electron chi connectivity index (χ3n) is 4.75. The molecule has 7 nitrogen and oxygen atoms in total. The molecule has 3 N–H and O–H groups in total. The summed E-state index contributed by atoms with van der Waals surface area (Å²) in [4.78, 5) is 17.1. The topological polar surface area (TPSA) is 109 Å². The molecule has 1 aliphatic carbocycles. The number of pyridine rings is 1. The van der Waals surface area contributed by atoms with Crippen LogP contribution < -0.4 is 5.32 Å². The number of rotatable bonds is 7.